The lowest BCUT2D eigenvalue weighted by molar-refractivity contribution is 0.0233. The van der Waals surface area contributed by atoms with Gasteiger partial charge in [-0.05, 0) is 19.3 Å². The van der Waals surface area contributed by atoms with Crippen LogP contribution in [0.3, 0.4) is 0 Å². The fourth-order valence-electron chi connectivity index (χ4n) is 1.59. The van der Waals surface area contributed by atoms with Crippen LogP contribution >= 0.6 is 0 Å². The predicted octanol–water partition coefficient (Wildman–Crippen LogP) is 1.90. The van der Waals surface area contributed by atoms with Crippen LogP contribution in [0, 0.1) is 0 Å². The molecule has 0 saturated heterocycles. The summed E-state index contributed by atoms with van der Waals surface area (Å²) < 4.78 is 2.01. The molecule has 1 rings (SSSR count). The van der Waals surface area contributed by atoms with E-state index in [4.69, 9.17) is 0 Å². The normalized spacial score (nSPS) is 12.0. The monoisotopic (exact) mass is 196 g/mol. The van der Waals surface area contributed by atoms with Crippen molar-refractivity contribution < 1.29 is 5.11 Å². The molecule has 0 aliphatic heterocycles. The van der Waals surface area contributed by atoms with E-state index < -0.39 is 5.60 Å². The maximum Gasteiger partial charge on any atom is 0.108 e. The van der Waals surface area contributed by atoms with Crippen molar-refractivity contribution in [2.75, 3.05) is 0 Å². The quantitative estimate of drug-likeness (QED) is 0.781. The molecule has 0 aromatic carbocycles. The zero-order valence-electron chi connectivity index (χ0n) is 9.32. The van der Waals surface area contributed by atoms with E-state index >= 15 is 0 Å². The van der Waals surface area contributed by atoms with Gasteiger partial charge < -0.3 is 9.67 Å². The molecule has 14 heavy (non-hydrogen) atoms. The number of rotatable bonds is 5. The second kappa shape index (κ2) is 4.60. The molecule has 0 saturated carbocycles. The largest absolute Gasteiger partial charge is 0.390 e. The molecule has 0 spiro atoms. The minimum atomic E-state index is -0.508. The number of aryl methyl sites for hydroxylation is 2. The van der Waals surface area contributed by atoms with Gasteiger partial charge >= 0.3 is 0 Å². The molecule has 80 valence electrons. The second-order valence-corrected chi connectivity index (χ2v) is 3.89. The van der Waals surface area contributed by atoms with Gasteiger partial charge in [0.05, 0.1) is 5.60 Å². The zero-order chi connectivity index (χ0) is 10.6. The van der Waals surface area contributed by atoms with E-state index in [9.17, 15) is 5.11 Å². The van der Waals surface area contributed by atoms with Gasteiger partial charge in [-0.25, -0.2) is 4.98 Å². The summed E-state index contributed by atoms with van der Waals surface area (Å²) in [4.78, 5) is 4.24. The van der Waals surface area contributed by atoms with Crippen molar-refractivity contribution >= 4 is 0 Å². The lowest BCUT2D eigenvalue weighted by Gasteiger charge is -2.24. The maximum atomic E-state index is 10.1. The average molecular weight is 196 g/mol. The molecule has 0 radical (unpaired) electrons. The molecule has 3 heteroatoms. The first-order valence-electron chi connectivity index (χ1n) is 5.30. The fourth-order valence-corrected chi connectivity index (χ4v) is 1.59. The van der Waals surface area contributed by atoms with E-state index in [2.05, 4.69) is 4.98 Å². The van der Waals surface area contributed by atoms with Crippen LogP contribution in [0.2, 0.25) is 0 Å². The number of aromatic nitrogens is 2. The average Bonchev–Trinajstić information content (AvgIpc) is 2.61. The lowest BCUT2D eigenvalue weighted by atomic mass is 9.92. The van der Waals surface area contributed by atoms with E-state index in [1.54, 1.807) is 6.20 Å². The third-order valence-corrected chi connectivity index (χ3v) is 3.05. The first-order valence-corrected chi connectivity index (χ1v) is 5.30. The summed E-state index contributed by atoms with van der Waals surface area (Å²) in [6.45, 7) is 4.06. The molecule has 0 atom stereocenters. The number of nitrogens with zero attached hydrogens (tertiary/aromatic N) is 2. The SMILES string of the molecule is CCC(O)(CC)CCc1nccn1C. The number of hydrogen-bond acceptors (Lipinski definition) is 2. The first-order chi connectivity index (χ1) is 6.61. The van der Waals surface area contributed by atoms with Crippen LogP contribution < -0.4 is 0 Å². The van der Waals surface area contributed by atoms with Crippen LogP contribution in [-0.4, -0.2) is 20.3 Å². The van der Waals surface area contributed by atoms with Crippen molar-refractivity contribution in [2.24, 2.45) is 7.05 Å². The summed E-state index contributed by atoms with van der Waals surface area (Å²) >= 11 is 0. The molecule has 0 aliphatic carbocycles. The van der Waals surface area contributed by atoms with E-state index in [0.29, 0.717) is 0 Å². The highest BCUT2D eigenvalue weighted by Crippen LogP contribution is 2.20. The summed E-state index contributed by atoms with van der Waals surface area (Å²) in [6.07, 6.45) is 7.01. The Morgan fingerprint density at radius 1 is 1.43 bits per heavy atom. The summed E-state index contributed by atoms with van der Waals surface area (Å²) in [5.74, 6) is 1.05. The van der Waals surface area contributed by atoms with Crippen LogP contribution in [0.1, 0.15) is 38.9 Å². The van der Waals surface area contributed by atoms with Crippen LogP contribution in [0.25, 0.3) is 0 Å². The number of aliphatic hydroxyl groups is 1. The van der Waals surface area contributed by atoms with Gasteiger partial charge in [0.15, 0.2) is 0 Å². The smallest absolute Gasteiger partial charge is 0.108 e. The maximum absolute atomic E-state index is 10.1. The Labute approximate surface area is 85.8 Å². The highest BCUT2D eigenvalue weighted by atomic mass is 16.3. The Morgan fingerprint density at radius 2 is 2.07 bits per heavy atom. The Balaban J connectivity index is 2.52. The standard InChI is InChI=1S/C11H20N2O/c1-4-11(14,5-2)7-6-10-12-8-9-13(10)3/h8-9,14H,4-7H2,1-3H3. The van der Waals surface area contributed by atoms with Gasteiger partial charge in [-0.15, -0.1) is 0 Å². The van der Waals surface area contributed by atoms with Crippen molar-refractivity contribution in [1.29, 1.82) is 0 Å². The minimum Gasteiger partial charge on any atom is -0.390 e. The summed E-state index contributed by atoms with van der Waals surface area (Å²) in [6, 6.07) is 0. The van der Waals surface area contributed by atoms with Crippen molar-refractivity contribution in [3.8, 4) is 0 Å². The summed E-state index contributed by atoms with van der Waals surface area (Å²) in [7, 11) is 1.99. The van der Waals surface area contributed by atoms with E-state index in [1.807, 2.05) is 31.7 Å². The van der Waals surface area contributed by atoms with Crippen LogP contribution in [0.4, 0.5) is 0 Å². The summed E-state index contributed by atoms with van der Waals surface area (Å²) in [5.41, 5.74) is -0.508. The molecule has 0 fully saturated rings. The van der Waals surface area contributed by atoms with Gasteiger partial charge in [0.25, 0.3) is 0 Å². The highest BCUT2D eigenvalue weighted by Gasteiger charge is 2.22. The van der Waals surface area contributed by atoms with Crippen LogP contribution in [0.15, 0.2) is 12.4 Å². The van der Waals surface area contributed by atoms with E-state index in [0.717, 1.165) is 31.5 Å². The molecule has 3 nitrogen and oxygen atoms in total. The van der Waals surface area contributed by atoms with Gasteiger partial charge in [-0.3, -0.25) is 0 Å². The van der Waals surface area contributed by atoms with Crippen LogP contribution in [0.5, 0.6) is 0 Å². The van der Waals surface area contributed by atoms with Gasteiger partial charge in [0, 0.05) is 25.9 Å². The third kappa shape index (κ3) is 2.58. The van der Waals surface area contributed by atoms with Crippen molar-refractivity contribution in [3.63, 3.8) is 0 Å². The molecule has 0 aliphatic rings. The summed E-state index contributed by atoms with van der Waals surface area (Å²) in [5, 5.41) is 10.1. The molecule has 1 heterocycles. The molecule has 0 unspecified atom stereocenters. The second-order valence-electron chi connectivity index (χ2n) is 3.89. The molecular weight excluding hydrogens is 176 g/mol. The Kier molecular flexibility index (Phi) is 3.69. The zero-order valence-corrected chi connectivity index (χ0v) is 9.32. The van der Waals surface area contributed by atoms with Gasteiger partial charge in [0.2, 0.25) is 0 Å². The Bertz CT molecular complexity index is 277. The van der Waals surface area contributed by atoms with Crippen molar-refractivity contribution in [2.45, 2.75) is 45.1 Å². The molecular formula is C11H20N2O. The number of hydrogen-bond donors (Lipinski definition) is 1. The topological polar surface area (TPSA) is 38.1 Å². The van der Waals surface area contributed by atoms with E-state index in [-0.39, 0.29) is 0 Å². The Morgan fingerprint density at radius 3 is 2.50 bits per heavy atom. The minimum absolute atomic E-state index is 0.508. The third-order valence-electron chi connectivity index (χ3n) is 3.05. The van der Waals surface area contributed by atoms with Gasteiger partial charge in [0.1, 0.15) is 5.82 Å². The van der Waals surface area contributed by atoms with Crippen molar-refractivity contribution in [1.82, 2.24) is 9.55 Å². The van der Waals surface area contributed by atoms with Gasteiger partial charge in [-0.1, -0.05) is 13.8 Å². The fraction of sp³-hybridized carbons (Fsp3) is 0.727. The number of imidazole rings is 1. The molecule has 1 N–H and O–H groups in total. The predicted molar refractivity (Wildman–Crippen MR) is 57.1 cm³/mol. The van der Waals surface area contributed by atoms with Crippen molar-refractivity contribution in [3.05, 3.63) is 18.2 Å². The van der Waals surface area contributed by atoms with E-state index in [1.165, 1.54) is 0 Å². The van der Waals surface area contributed by atoms with Gasteiger partial charge in [-0.2, -0.15) is 0 Å². The molecule has 0 amide bonds. The first kappa shape index (κ1) is 11.2. The Hall–Kier alpha value is -0.830. The highest BCUT2D eigenvalue weighted by molar-refractivity contribution is 4.93. The molecule has 1 aromatic heterocycles. The molecule has 1 aromatic rings. The lowest BCUT2D eigenvalue weighted by Crippen LogP contribution is -2.27. The van der Waals surface area contributed by atoms with Crippen LogP contribution in [-0.2, 0) is 13.5 Å². The molecule has 0 bridgehead atoms.